The molecule has 2 heterocycles. The van der Waals surface area contributed by atoms with Gasteiger partial charge in [-0.2, -0.15) is 0 Å². The molecule has 0 aliphatic heterocycles. The Morgan fingerprint density at radius 2 is 2.33 bits per heavy atom. The lowest BCUT2D eigenvalue weighted by Gasteiger charge is -2.06. The van der Waals surface area contributed by atoms with E-state index in [9.17, 15) is 0 Å². The molecule has 0 saturated carbocycles. The van der Waals surface area contributed by atoms with E-state index in [0.717, 1.165) is 18.8 Å². The summed E-state index contributed by atoms with van der Waals surface area (Å²) in [5.74, 6) is 0. The van der Waals surface area contributed by atoms with Crippen LogP contribution in [0, 0.1) is 4.77 Å². The van der Waals surface area contributed by atoms with Crippen molar-refractivity contribution in [1.29, 1.82) is 0 Å². The van der Waals surface area contributed by atoms with Crippen molar-refractivity contribution in [1.82, 2.24) is 19.1 Å². The van der Waals surface area contributed by atoms with Crippen LogP contribution in [0.2, 0.25) is 0 Å². The molecule has 0 bridgehead atoms. The summed E-state index contributed by atoms with van der Waals surface area (Å²) >= 11 is 5.11. The Bertz CT molecular complexity index is 471. The third kappa shape index (κ3) is 2.16. The summed E-state index contributed by atoms with van der Waals surface area (Å²) in [5.41, 5.74) is 0.806. The molecule has 0 radical (unpaired) electrons. The van der Waals surface area contributed by atoms with Gasteiger partial charge in [-0.3, -0.25) is 0 Å². The van der Waals surface area contributed by atoms with Gasteiger partial charge < -0.3 is 19.2 Å². The molecule has 0 aliphatic rings. The van der Waals surface area contributed by atoms with Crippen molar-refractivity contribution in [2.75, 3.05) is 0 Å². The molecule has 0 aromatic carbocycles. The molecule has 80 valence electrons. The maximum absolute atomic E-state index is 9.08. The number of H-pyrrole nitrogens is 1. The van der Waals surface area contributed by atoms with Gasteiger partial charge in [-0.1, -0.05) is 0 Å². The number of nitrogens with zero attached hydrogens (tertiary/aromatic N) is 3. The van der Waals surface area contributed by atoms with Gasteiger partial charge in [0.1, 0.15) is 0 Å². The maximum atomic E-state index is 9.08. The molecule has 2 rings (SSSR count). The number of aryl methyl sites for hydroxylation is 1. The van der Waals surface area contributed by atoms with Crippen LogP contribution >= 0.6 is 12.2 Å². The summed E-state index contributed by atoms with van der Waals surface area (Å²) < 4.78 is 4.49. The molecule has 0 fully saturated rings. The molecule has 6 heteroatoms. The van der Waals surface area contributed by atoms with E-state index in [1.807, 2.05) is 15.3 Å². The van der Waals surface area contributed by atoms with Crippen molar-refractivity contribution < 1.29 is 5.11 Å². The molecule has 2 aromatic heterocycles. The highest BCUT2D eigenvalue weighted by atomic mass is 32.1. The predicted molar refractivity (Wildman–Crippen MR) is 57.8 cm³/mol. The molecule has 0 saturated heterocycles. The van der Waals surface area contributed by atoms with Gasteiger partial charge in [-0.15, -0.1) is 0 Å². The van der Waals surface area contributed by atoms with Crippen molar-refractivity contribution in [3.05, 3.63) is 35.4 Å². The van der Waals surface area contributed by atoms with Crippen LogP contribution in [-0.2, 0) is 19.7 Å². The highest BCUT2D eigenvalue weighted by Gasteiger charge is 2.02. The van der Waals surface area contributed by atoms with E-state index in [-0.39, 0.29) is 6.61 Å². The zero-order chi connectivity index (χ0) is 10.7. The highest BCUT2D eigenvalue weighted by Crippen LogP contribution is 2.02. The van der Waals surface area contributed by atoms with E-state index in [2.05, 4.69) is 9.97 Å². The van der Waals surface area contributed by atoms with Crippen LogP contribution in [0.4, 0.5) is 0 Å². The second-order valence-electron chi connectivity index (χ2n) is 3.20. The van der Waals surface area contributed by atoms with Gasteiger partial charge in [-0.25, -0.2) is 4.98 Å². The Kier molecular flexibility index (Phi) is 2.98. The molecule has 2 aromatic rings. The molecule has 0 amide bonds. The number of aromatic amines is 1. The van der Waals surface area contributed by atoms with E-state index in [1.165, 1.54) is 0 Å². The summed E-state index contributed by atoms with van der Waals surface area (Å²) in [7, 11) is 0. The van der Waals surface area contributed by atoms with Crippen LogP contribution < -0.4 is 0 Å². The largest absolute Gasteiger partial charge is 0.390 e. The first-order valence-electron chi connectivity index (χ1n) is 4.65. The van der Waals surface area contributed by atoms with E-state index in [1.54, 1.807) is 18.7 Å². The topological polar surface area (TPSA) is 58.8 Å². The first kappa shape index (κ1) is 10.1. The van der Waals surface area contributed by atoms with Gasteiger partial charge in [0.25, 0.3) is 0 Å². The van der Waals surface area contributed by atoms with Crippen LogP contribution in [0.5, 0.6) is 0 Å². The molecule has 0 atom stereocenters. The monoisotopic (exact) mass is 224 g/mol. The van der Waals surface area contributed by atoms with Crippen LogP contribution in [0.25, 0.3) is 0 Å². The van der Waals surface area contributed by atoms with Gasteiger partial charge in [-0.05, 0) is 12.2 Å². The Morgan fingerprint density at radius 1 is 1.47 bits per heavy atom. The standard InChI is InChI=1S/C9H12N4OS/c14-6-8-5-11-9(15)13(8)4-3-12-2-1-10-7-12/h1-2,5,7,14H,3-4,6H2,(H,11,15). The van der Waals surface area contributed by atoms with Crippen molar-refractivity contribution in [2.24, 2.45) is 0 Å². The molecule has 2 N–H and O–H groups in total. The normalized spacial score (nSPS) is 10.7. The minimum absolute atomic E-state index is 0.00291. The van der Waals surface area contributed by atoms with E-state index in [0.29, 0.717) is 4.77 Å². The van der Waals surface area contributed by atoms with Gasteiger partial charge in [0.2, 0.25) is 0 Å². The van der Waals surface area contributed by atoms with E-state index < -0.39 is 0 Å². The average molecular weight is 224 g/mol. The van der Waals surface area contributed by atoms with Crippen molar-refractivity contribution >= 4 is 12.2 Å². The van der Waals surface area contributed by atoms with Gasteiger partial charge >= 0.3 is 0 Å². The molecule has 0 unspecified atom stereocenters. The molecular formula is C9H12N4OS. The SMILES string of the molecule is OCc1c[nH]c(=S)n1CCn1ccnc1. The summed E-state index contributed by atoms with van der Waals surface area (Å²) in [4.78, 5) is 6.87. The second-order valence-corrected chi connectivity index (χ2v) is 3.58. The summed E-state index contributed by atoms with van der Waals surface area (Å²) in [6.45, 7) is 1.52. The number of hydrogen-bond donors (Lipinski definition) is 2. The van der Waals surface area contributed by atoms with Crippen LogP contribution in [0.1, 0.15) is 5.69 Å². The van der Waals surface area contributed by atoms with Gasteiger partial charge in [0.15, 0.2) is 4.77 Å². The third-order valence-corrected chi connectivity index (χ3v) is 2.60. The van der Waals surface area contributed by atoms with Crippen LogP contribution in [0.15, 0.2) is 24.9 Å². The second kappa shape index (κ2) is 4.41. The minimum atomic E-state index is -0.00291. The van der Waals surface area contributed by atoms with Gasteiger partial charge in [0.05, 0.1) is 18.6 Å². The first-order chi connectivity index (χ1) is 7.31. The number of hydrogen-bond acceptors (Lipinski definition) is 3. The fourth-order valence-electron chi connectivity index (χ4n) is 1.44. The van der Waals surface area contributed by atoms with Crippen LogP contribution in [0.3, 0.4) is 0 Å². The van der Waals surface area contributed by atoms with Gasteiger partial charge in [0, 0.05) is 31.7 Å². The fourth-order valence-corrected chi connectivity index (χ4v) is 1.71. The Balaban J connectivity index is 2.10. The summed E-state index contributed by atoms with van der Waals surface area (Å²) in [6, 6.07) is 0. The number of nitrogens with one attached hydrogen (secondary N) is 1. The first-order valence-corrected chi connectivity index (χ1v) is 5.06. The average Bonchev–Trinajstić information content (AvgIpc) is 2.84. The smallest absolute Gasteiger partial charge is 0.177 e. The number of aliphatic hydroxyl groups is 1. The predicted octanol–water partition coefficient (Wildman–Crippen LogP) is 0.935. The quantitative estimate of drug-likeness (QED) is 0.760. The minimum Gasteiger partial charge on any atom is -0.390 e. The summed E-state index contributed by atoms with van der Waals surface area (Å²) in [5, 5.41) is 9.08. The number of imidazole rings is 2. The molecule has 0 aliphatic carbocycles. The Labute approximate surface area is 92.0 Å². The highest BCUT2D eigenvalue weighted by molar-refractivity contribution is 7.71. The Hall–Kier alpha value is -1.40. The van der Waals surface area contributed by atoms with Crippen LogP contribution in [-0.4, -0.2) is 24.2 Å². The number of aromatic nitrogens is 4. The van der Waals surface area contributed by atoms with E-state index in [4.69, 9.17) is 17.3 Å². The lowest BCUT2D eigenvalue weighted by atomic mass is 10.5. The lowest BCUT2D eigenvalue weighted by Crippen LogP contribution is -2.09. The van der Waals surface area contributed by atoms with Crippen molar-refractivity contribution in [3.63, 3.8) is 0 Å². The molecule has 15 heavy (non-hydrogen) atoms. The molecule has 5 nitrogen and oxygen atoms in total. The molecule has 0 spiro atoms. The maximum Gasteiger partial charge on any atom is 0.177 e. The number of rotatable bonds is 4. The third-order valence-electron chi connectivity index (χ3n) is 2.26. The Morgan fingerprint density at radius 3 is 3.00 bits per heavy atom. The molecular weight excluding hydrogens is 212 g/mol. The zero-order valence-corrected chi connectivity index (χ0v) is 8.94. The van der Waals surface area contributed by atoms with Crippen molar-refractivity contribution in [2.45, 2.75) is 19.7 Å². The fraction of sp³-hybridized carbons (Fsp3) is 0.333. The lowest BCUT2D eigenvalue weighted by molar-refractivity contribution is 0.269. The zero-order valence-electron chi connectivity index (χ0n) is 8.13. The van der Waals surface area contributed by atoms with Crippen molar-refractivity contribution in [3.8, 4) is 0 Å². The number of aliphatic hydroxyl groups excluding tert-OH is 1. The summed E-state index contributed by atoms with van der Waals surface area (Å²) in [6.07, 6.45) is 7.13. The van der Waals surface area contributed by atoms with E-state index >= 15 is 0 Å².